The van der Waals surface area contributed by atoms with Gasteiger partial charge in [0.25, 0.3) is 0 Å². The van der Waals surface area contributed by atoms with E-state index in [0.717, 1.165) is 53.8 Å². The molecule has 0 saturated carbocycles. The van der Waals surface area contributed by atoms with Crippen LogP contribution < -0.4 is 0 Å². The zero-order valence-electron chi connectivity index (χ0n) is 17.1. The van der Waals surface area contributed by atoms with Crippen LogP contribution in [0, 0.1) is 11.3 Å². The van der Waals surface area contributed by atoms with Crippen molar-refractivity contribution in [2.75, 3.05) is 13.2 Å². The fraction of sp³-hybridized carbons (Fsp3) is 0.208. The monoisotopic (exact) mass is 463 g/mol. The van der Waals surface area contributed by atoms with Gasteiger partial charge in [-0.2, -0.15) is 10.4 Å². The number of rotatable bonds is 4. The number of aromatic nitrogens is 4. The molecule has 1 saturated heterocycles. The molecule has 0 atom stereocenters. The number of hydrogen-bond acceptors (Lipinski definition) is 4. The SMILES string of the molecule is N#C/C(=C\c1c[nH]c2ncc(-c3cnn(C4CCOCC4)c3)cc12)c1c(Cl)cccc1Cl. The Labute approximate surface area is 195 Å². The molecule has 8 heteroatoms. The topological polar surface area (TPSA) is 79.5 Å². The van der Waals surface area contributed by atoms with Crippen LogP contribution in [0.25, 0.3) is 33.8 Å². The van der Waals surface area contributed by atoms with E-state index in [9.17, 15) is 5.26 Å². The third-order valence-electron chi connectivity index (χ3n) is 5.72. The van der Waals surface area contributed by atoms with Crippen molar-refractivity contribution < 1.29 is 4.74 Å². The molecule has 0 aliphatic carbocycles. The zero-order valence-corrected chi connectivity index (χ0v) is 18.6. The van der Waals surface area contributed by atoms with Gasteiger partial charge in [0.2, 0.25) is 0 Å². The predicted octanol–water partition coefficient (Wildman–Crippen LogP) is 6.15. The molecule has 1 aliphatic heterocycles. The van der Waals surface area contributed by atoms with Crippen LogP contribution >= 0.6 is 23.2 Å². The lowest BCUT2D eigenvalue weighted by atomic mass is 10.0. The van der Waals surface area contributed by atoms with Crippen LogP contribution in [0.3, 0.4) is 0 Å². The lowest BCUT2D eigenvalue weighted by Gasteiger charge is -2.22. The summed E-state index contributed by atoms with van der Waals surface area (Å²) in [6.07, 6.45) is 11.3. The number of allylic oxidation sites excluding steroid dienone is 1. The van der Waals surface area contributed by atoms with Crippen molar-refractivity contribution >= 4 is 45.9 Å². The summed E-state index contributed by atoms with van der Waals surface area (Å²) in [5.41, 5.74) is 4.43. The van der Waals surface area contributed by atoms with Gasteiger partial charge in [0.05, 0.1) is 33.9 Å². The Bertz CT molecular complexity index is 1340. The average Bonchev–Trinajstić information content (AvgIpc) is 3.46. The molecular weight excluding hydrogens is 445 g/mol. The van der Waals surface area contributed by atoms with Crippen LogP contribution in [0.2, 0.25) is 10.0 Å². The normalized spacial score (nSPS) is 15.2. The van der Waals surface area contributed by atoms with Crippen molar-refractivity contribution in [1.82, 2.24) is 19.7 Å². The van der Waals surface area contributed by atoms with E-state index < -0.39 is 0 Å². The van der Waals surface area contributed by atoms with Gasteiger partial charge in [-0.25, -0.2) is 4.98 Å². The number of nitriles is 1. The molecule has 1 aromatic carbocycles. The second-order valence-electron chi connectivity index (χ2n) is 7.68. The third-order valence-corrected chi connectivity index (χ3v) is 6.35. The molecule has 0 spiro atoms. The summed E-state index contributed by atoms with van der Waals surface area (Å²) < 4.78 is 7.47. The van der Waals surface area contributed by atoms with E-state index >= 15 is 0 Å². The second-order valence-corrected chi connectivity index (χ2v) is 8.50. The predicted molar refractivity (Wildman–Crippen MR) is 126 cm³/mol. The summed E-state index contributed by atoms with van der Waals surface area (Å²) in [4.78, 5) is 7.73. The fourth-order valence-corrected chi connectivity index (χ4v) is 4.61. The van der Waals surface area contributed by atoms with Crippen LogP contribution in [-0.4, -0.2) is 33.0 Å². The van der Waals surface area contributed by atoms with E-state index in [0.29, 0.717) is 27.2 Å². The fourth-order valence-electron chi connectivity index (χ4n) is 4.01. The Morgan fingerprint density at radius 2 is 1.97 bits per heavy atom. The number of hydrogen-bond donors (Lipinski definition) is 1. The van der Waals surface area contributed by atoms with Gasteiger partial charge < -0.3 is 9.72 Å². The number of aromatic amines is 1. The second kappa shape index (κ2) is 8.79. The van der Waals surface area contributed by atoms with Gasteiger partial charge in [0, 0.05) is 59.4 Å². The van der Waals surface area contributed by atoms with Crippen LogP contribution in [0.15, 0.2) is 49.1 Å². The first kappa shape index (κ1) is 20.8. The highest BCUT2D eigenvalue weighted by Gasteiger charge is 2.17. The van der Waals surface area contributed by atoms with Gasteiger partial charge in [-0.1, -0.05) is 29.3 Å². The highest BCUT2D eigenvalue weighted by Crippen LogP contribution is 2.34. The van der Waals surface area contributed by atoms with Gasteiger partial charge in [-0.05, 0) is 37.1 Å². The summed E-state index contributed by atoms with van der Waals surface area (Å²) in [6.45, 7) is 1.53. The van der Waals surface area contributed by atoms with E-state index in [4.69, 9.17) is 27.9 Å². The zero-order chi connectivity index (χ0) is 22.1. The maximum atomic E-state index is 9.78. The average molecular weight is 464 g/mol. The molecule has 1 aliphatic rings. The molecule has 3 aromatic heterocycles. The summed E-state index contributed by atoms with van der Waals surface area (Å²) in [7, 11) is 0. The number of nitrogens with one attached hydrogen (secondary N) is 1. The summed E-state index contributed by atoms with van der Waals surface area (Å²) in [6, 6.07) is 9.84. The van der Waals surface area contributed by atoms with Gasteiger partial charge in [-0.3, -0.25) is 4.68 Å². The Balaban J connectivity index is 1.53. The first-order valence-corrected chi connectivity index (χ1v) is 11.0. The molecule has 160 valence electrons. The third kappa shape index (κ3) is 3.91. The van der Waals surface area contributed by atoms with Crippen LogP contribution in [0.4, 0.5) is 0 Å². The smallest absolute Gasteiger partial charge is 0.137 e. The molecule has 0 unspecified atom stereocenters. The minimum absolute atomic E-state index is 0.360. The van der Waals surface area contributed by atoms with Crippen LogP contribution in [0.1, 0.15) is 30.0 Å². The number of nitrogens with zero attached hydrogens (tertiary/aromatic N) is 4. The molecular formula is C24H19Cl2N5O. The minimum atomic E-state index is 0.360. The molecule has 4 heterocycles. The summed E-state index contributed by atoms with van der Waals surface area (Å²) in [5.74, 6) is 0. The highest BCUT2D eigenvalue weighted by molar-refractivity contribution is 6.38. The summed E-state index contributed by atoms with van der Waals surface area (Å²) in [5, 5.41) is 16.1. The molecule has 0 radical (unpaired) electrons. The highest BCUT2D eigenvalue weighted by atomic mass is 35.5. The molecule has 0 amide bonds. The van der Waals surface area contributed by atoms with Crippen molar-refractivity contribution in [3.63, 3.8) is 0 Å². The molecule has 4 aromatic rings. The Hall–Kier alpha value is -3.11. The summed E-state index contributed by atoms with van der Waals surface area (Å²) >= 11 is 12.6. The van der Waals surface area contributed by atoms with Crippen LogP contribution in [0.5, 0.6) is 0 Å². The first-order chi connectivity index (χ1) is 15.6. The maximum Gasteiger partial charge on any atom is 0.137 e. The van der Waals surface area contributed by atoms with E-state index in [2.05, 4.69) is 33.4 Å². The lowest BCUT2D eigenvalue weighted by molar-refractivity contribution is 0.0662. The number of H-pyrrole nitrogens is 1. The Kier molecular flexibility index (Phi) is 5.71. The maximum absolute atomic E-state index is 9.78. The largest absolute Gasteiger partial charge is 0.381 e. The van der Waals surface area contributed by atoms with Crippen molar-refractivity contribution in [3.05, 3.63) is 70.2 Å². The molecule has 1 N–H and O–H groups in total. The van der Waals surface area contributed by atoms with Gasteiger partial charge in [0.15, 0.2) is 0 Å². The molecule has 5 rings (SSSR count). The van der Waals surface area contributed by atoms with E-state index in [1.165, 1.54) is 0 Å². The van der Waals surface area contributed by atoms with Crippen molar-refractivity contribution in [3.8, 4) is 17.2 Å². The number of halogens is 2. The molecule has 1 fully saturated rings. The lowest BCUT2D eigenvalue weighted by Crippen LogP contribution is -2.19. The minimum Gasteiger partial charge on any atom is -0.381 e. The number of fused-ring (bicyclic) bond motifs is 1. The van der Waals surface area contributed by atoms with E-state index in [-0.39, 0.29) is 0 Å². The van der Waals surface area contributed by atoms with E-state index in [1.807, 2.05) is 23.3 Å². The molecule has 32 heavy (non-hydrogen) atoms. The number of ether oxygens (including phenoxy) is 1. The van der Waals surface area contributed by atoms with Crippen molar-refractivity contribution in [2.24, 2.45) is 0 Å². The van der Waals surface area contributed by atoms with E-state index in [1.54, 1.807) is 24.3 Å². The van der Waals surface area contributed by atoms with Gasteiger partial charge >= 0.3 is 0 Å². The van der Waals surface area contributed by atoms with Crippen molar-refractivity contribution in [2.45, 2.75) is 18.9 Å². The molecule has 0 bridgehead atoms. The molecule has 6 nitrogen and oxygen atoms in total. The number of benzene rings is 1. The first-order valence-electron chi connectivity index (χ1n) is 10.3. The van der Waals surface area contributed by atoms with Gasteiger partial charge in [-0.15, -0.1) is 0 Å². The number of pyridine rings is 1. The Morgan fingerprint density at radius 1 is 1.19 bits per heavy atom. The van der Waals surface area contributed by atoms with Crippen molar-refractivity contribution in [1.29, 1.82) is 5.26 Å². The van der Waals surface area contributed by atoms with Crippen LogP contribution in [-0.2, 0) is 4.74 Å². The Morgan fingerprint density at radius 3 is 2.72 bits per heavy atom. The quantitative estimate of drug-likeness (QED) is 0.368. The van der Waals surface area contributed by atoms with Gasteiger partial charge in [0.1, 0.15) is 5.65 Å². The standard InChI is InChI=1S/C24H19Cl2N5O/c25-21-2-1-3-22(26)23(21)15(10-27)8-17-12-29-24-20(17)9-16(11-28-24)18-13-30-31(14-18)19-4-6-32-7-5-19/h1-3,8-9,11-14,19H,4-7H2,(H,28,29)/b15-8+.